The largest absolute Gasteiger partial charge is 0.454 e. The molecule has 1 aliphatic rings. The number of hydrogen-bond donors (Lipinski definition) is 0. The predicted octanol–water partition coefficient (Wildman–Crippen LogP) is 6.76. The molecule has 0 saturated carbocycles. The molecule has 0 spiro atoms. The first-order valence-electron chi connectivity index (χ1n) is 11.2. The zero-order chi connectivity index (χ0) is 24.6. The highest BCUT2D eigenvalue weighted by atomic mass is 32.2. The molecule has 7 nitrogen and oxygen atoms in total. The number of azo groups is 1. The number of ether oxygens (including phenoxy) is 2. The van der Waals surface area contributed by atoms with Crippen LogP contribution in [-0.2, 0) is 5.75 Å². The van der Waals surface area contributed by atoms with Crippen LogP contribution < -0.4 is 9.47 Å². The maximum Gasteiger partial charge on any atom is 0.257 e. The molecule has 1 aliphatic heterocycles. The van der Waals surface area contributed by atoms with E-state index in [0.29, 0.717) is 40.0 Å². The molecule has 0 radical (unpaired) electrons. The van der Waals surface area contributed by atoms with E-state index in [9.17, 15) is 4.79 Å². The Hall–Kier alpha value is -3.13. The normalized spacial score (nSPS) is 12.7. The van der Waals surface area contributed by atoms with Crippen molar-refractivity contribution >= 4 is 29.0 Å². The molecular weight excluding hydrogens is 448 g/mol. The molecule has 0 saturated heterocycles. The van der Waals surface area contributed by atoms with Crippen molar-refractivity contribution in [3.8, 4) is 11.5 Å². The molecule has 0 bridgehead atoms. The highest BCUT2D eigenvalue weighted by Crippen LogP contribution is 2.36. The summed E-state index contributed by atoms with van der Waals surface area (Å²) in [5.74, 6) is 2.42. The zero-order valence-electron chi connectivity index (χ0n) is 20.8. The van der Waals surface area contributed by atoms with Gasteiger partial charge in [0.05, 0.1) is 22.8 Å². The second-order valence-corrected chi connectivity index (χ2v) is 9.64. The Morgan fingerprint density at radius 3 is 2.29 bits per heavy atom. The van der Waals surface area contributed by atoms with Gasteiger partial charge in [-0.1, -0.05) is 0 Å². The predicted molar refractivity (Wildman–Crippen MR) is 135 cm³/mol. The molecule has 34 heavy (non-hydrogen) atoms. The van der Waals surface area contributed by atoms with Gasteiger partial charge >= 0.3 is 0 Å². The number of rotatable bonds is 6. The quantitative estimate of drug-likeness (QED) is 0.366. The summed E-state index contributed by atoms with van der Waals surface area (Å²) in [4.78, 5) is 13.0. The fraction of sp³-hybridized carbons (Fsp3) is 0.385. The first-order chi connectivity index (χ1) is 16.2. The van der Waals surface area contributed by atoms with E-state index in [0.717, 1.165) is 5.75 Å². The third kappa shape index (κ3) is 4.46. The van der Waals surface area contributed by atoms with Crippen molar-refractivity contribution in [3.05, 3.63) is 63.0 Å². The Morgan fingerprint density at radius 1 is 0.941 bits per heavy atom. The van der Waals surface area contributed by atoms with Crippen molar-refractivity contribution in [1.29, 1.82) is 0 Å². The van der Waals surface area contributed by atoms with Crippen molar-refractivity contribution in [3.63, 3.8) is 0 Å². The lowest BCUT2D eigenvalue weighted by Gasteiger charge is -2.18. The Morgan fingerprint density at radius 2 is 1.59 bits per heavy atom. The van der Waals surface area contributed by atoms with Crippen LogP contribution in [0.3, 0.4) is 0 Å². The van der Waals surface area contributed by atoms with Gasteiger partial charge in [-0.2, -0.15) is 10.2 Å². The molecule has 0 N–H and O–H groups in total. The number of aromatic nitrogens is 2. The standard InChI is InChI=1S/C26H30N4O3S/c1-14-15(2)17(4)22(18(5)16(14)3)11-34-12-25(31)30-20(7)26(19(6)29-30)28-27-21-8-9-23-24(10-21)33-13-32-23/h8-10H,11-13H2,1-7H3. The molecule has 1 aromatic heterocycles. The van der Waals surface area contributed by atoms with Crippen molar-refractivity contribution in [1.82, 2.24) is 9.78 Å². The van der Waals surface area contributed by atoms with Gasteiger partial charge in [0.15, 0.2) is 11.5 Å². The summed E-state index contributed by atoms with van der Waals surface area (Å²) in [5.41, 5.74) is 10.6. The topological polar surface area (TPSA) is 78.1 Å². The third-order valence-electron chi connectivity index (χ3n) is 6.74. The lowest BCUT2D eigenvalue weighted by atomic mass is 9.90. The smallest absolute Gasteiger partial charge is 0.257 e. The van der Waals surface area contributed by atoms with Crippen LogP contribution in [0.25, 0.3) is 0 Å². The van der Waals surface area contributed by atoms with Gasteiger partial charge in [-0.25, -0.2) is 4.68 Å². The number of carbonyl (C=O) groups is 1. The number of thioether (sulfide) groups is 1. The van der Waals surface area contributed by atoms with Gasteiger partial charge in [0.25, 0.3) is 5.91 Å². The van der Waals surface area contributed by atoms with Gasteiger partial charge in [-0.15, -0.1) is 16.9 Å². The minimum atomic E-state index is -0.0639. The van der Waals surface area contributed by atoms with Crippen LogP contribution in [0.5, 0.6) is 11.5 Å². The SMILES string of the molecule is Cc1nn(C(=O)CSCc2c(C)c(C)c(C)c(C)c2C)c(C)c1N=Nc1ccc2c(c1)OCO2. The summed E-state index contributed by atoms with van der Waals surface area (Å²) in [5, 5.41) is 13.1. The summed E-state index contributed by atoms with van der Waals surface area (Å²) in [6, 6.07) is 5.40. The van der Waals surface area contributed by atoms with Gasteiger partial charge in [-0.3, -0.25) is 4.79 Å². The van der Waals surface area contributed by atoms with E-state index < -0.39 is 0 Å². The maximum absolute atomic E-state index is 13.0. The Kier molecular flexibility index (Phi) is 6.79. The molecular formula is C26H30N4O3S. The fourth-order valence-electron chi connectivity index (χ4n) is 4.17. The number of nitrogens with zero attached hydrogens (tertiary/aromatic N) is 4. The summed E-state index contributed by atoms with van der Waals surface area (Å²) < 4.78 is 12.2. The average molecular weight is 479 g/mol. The third-order valence-corrected chi connectivity index (χ3v) is 7.68. The van der Waals surface area contributed by atoms with Crippen molar-refractivity contribution in [2.75, 3.05) is 12.5 Å². The molecule has 2 heterocycles. The van der Waals surface area contributed by atoms with E-state index in [-0.39, 0.29) is 12.7 Å². The molecule has 3 aromatic rings. The van der Waals surface area contributed by atoms with Crippen LogP contribution in [0.1, 0.15) is 49.6 Å². The number of hydrogen-bond acceptors (Lipinski definition) is 7. The number of fused-ring (bicyclic) bond motifs is 1. The first-order valence-corrected chi connectivity index (χ1v) is 12.4. The van der Waals surface area contributed by atoms with Crippen LogP contribution in [0.2, 0.25) is 0 Å². The maximum atomic E-state index is 13.0. The van der Waals surface area contributed by atoms with Gasteiger partial charge in [0.2, 0.25) is 6.79 Å². The highest BCUT2D eigenvalue weighted by molar-refractivity contribution is 7.99. The van der Waals surface area contributed by atoms with Crippen LogP contribution in [0, 0.1) is 48.5 Å². The Bertz CT molecular complexity index is 1280. The molecule has 0 amide bonds. The van der Waals surface area contributed by atoms with E-state index in [1.807, 2.05) is 19.9 Å². The first kappa shape index (κ1) is 24.0. The van der Waals surface area contributed by atoms with Gasteiger partial charge in [0.1, 0.15) is 5.69 Å². The molecule has 0 fully saturated rings. The average Bonchev–Trinajstić information content (AvgIpc) is 3.40. The summed E-state index contributed by atoms with van der Waals surface area (Å²) in [6.45, 7) is 14.8. The van der Waals surface area contributed by atoms with Crippen molar-refractivity contribution in [2.24, 2.45) is 10.2 Å². The van der Waals surface area contributed by atoms with Crippen LogP contribution in [0.4, 0.5) is 11.4 Å². The number of carbonyl (C=O) groups excluding carboxylic acids is 1. The van der Waals surface area contributed by atoms with Crippen LogP contribution >= 0.6 is 11.8 Å². The van der Waals surface area contributed by atoms with E-state index in [1.165, 1.54) is 38.1 Å². The lowest BCUT2D eigenvalue weighted by molar-refractivity contribution is 0.0924. The number of benzene rings is 2. The Balaban J connectivity index is 1.45. The van der Waals surface area contributed by atoms with E-state index in [4.69, 9.17) is 9.47 Å². The fourth-order valence-corrected chi connectivity index (χ4v) is 5.21. The van der Waals surface area contributed by atoms with E-state index in [2.05, 4.69) is 49.9 Å². The molecule has 8 heteroatoms. The molecule has 0 unspecified atom stereocenters. The summed E-state index contributed by atoms with van der Waals surface area (Å²) in [7, 11) is 0. The minimum Gasteiger partial charge on any atom is -0.454 e. The van der Waals surface area contributed by atoms with Crippen molar-refractivity contribution in [2.45, 2.75) is 54.2 Å². The molecule has 0 aliphatic carbocycles. The molecule has 4 rings (SSSR count). The van der Waals surface area contributed by atoms with Crippen LogP contribution in [0.15, 0.2) is 28.4 Å². The lowest BCUT2D eigenvalue weighted by Crippen LogP contribution is -2.16. The zero-order valence-corrected chi connectivity index (χ0v) is 21.6. The molecule has 0 atom stereocenters. The monoisotopic (exact) mass is 478 g/mol. The second kappa shape index (κ2) is 9.62. The van der Waals surface area contributed by atoms with Gasteiger partial charge < -0.3 is 9.47 Å². The Labute approximate surface area is 204 Å². The minimum absolute atomic E-state index is 0.0639. The summed E-state index contributed by atoms with van der Waals surface area (Å²) in [6.07, 6.45) is 0. The molecule has 2 aromatic carbocycles. The van der Waals surface area contributed by atoms with Crippen molar-refractivity contribution < 1.29 is 14.3 Å². The van der Waals surface area contributed by atoms with Gasteiger partial charge in [0, 0.05) is 11.8 Å². The van der Waals surface area contributed by atoms with Crippen LogP contribution in [-0.4, -0.2) is 28.2 Å². The van der Waals surface area contributed by atoms with E-state index >= 15 is 0 Å². The second-order valence-electron chi connectivity index (χ2n) is 8.66. The van der Waals surface area contributed by atoms with Gasteiger partial charge in [-0.05, 0) is 94.0 Å². The summed E-state index contributed by atoms with van der Waals surface area (Å²) >= 11 is 1.62. The van der Waals surface area contributed by atoms with E-state index in [1.54, 1.807) is 23.9 Å². The number of aryl methyl sites for hydroxylation is 1. The highest BCUT2D eigenvalue weighted by Gasteiger charge is 2.18. The molecule has 178 valence electrons.